The summed E-state index contributed by atoms with van der Waals surface area (Å²) in [4.78, 5) is 37.4. The minimum atomic E-state index is -0.528. The summed E-state index contributed by atoms with van der Waals surface area (Å²) in [6.45, 7) is 0.859. The SMILES string of the molecule is O=C(CC1CC=CCCCC(=O)OCC(Cc2ccccc2)NC1=O)NCCOCCO. The number of nitrogens with one attached hydrogen (secondary N) is 2. The van der Waals surface area contributed by atoms with Gasteiger partial charge in [-0.2, -0.15) is 0 Å². The highest BCUT2D eigenvalue weighted by atomic mass is 16.5. The number of rotatable bonds is 9. The van der Waals surface area contributed by atoms with Gasteiger partial charge >= 0.3 is 5.97 Å². The van der Waals surface area contributed by atoms with E-state index in [2.05, 4.69) is 10.6 Å². The van der Waals surface area contributed by atoms with Crippen molar-refractivity contribution in [3.05, 3.63) is 48.0 Å². The van der Waals surface area contributed by atoms with Crippen molar-refractivity contribution in [3.63, 3.8) is 0 Å². The van der Waals surface area contributed by atoms with Crippen molar-refractivity contribution >= 4 is 17.8 Å². The molecule has 1 aliphatic rings. The molecule has 32 heavy (non-hydrogen) atoms. The Morgan fingerprint density at radius 3 is 2.78 bits per heavy atom. The summed E-state index contributed by atoms with van der Waals surface area (Å²) in [5, 5.41) is 14.4. The van der Waals surface area contributed by atoms with E-state index in [0.29, 0.717) is 45.3 Å². The molecule has 8 heteroatoms. The first kappa shape index (κ1) is 25.5. The van der Waals surface area contributed by atoms with Gasteiger partial charge in [0.25, 0.3) is 0 Å². The van der Waals surface area contributed by atoms with Crippen molar-refractivity contribution in [2.24, 2.45) is 5.92 Å². The maximum Gasteiger partial charge on any atom is 0.305 e. The number of amides is 2. The Morgan fingerprint density at radius 2 is 2.00 bits per heavy atom. The third-order valence-corrected chi connectivity index (χ3v) is 5.06. The number of carbonyl (C=O) groups is 3. The fourth-order valence-electron chi connectivity index (χ4n) is 3.39. The van der Waals surface area contributed by atoms with Gasteiger partial charge in [-0.15, -0.1) is 0 Å². The number of aliphatic hydroxyl groups is 1. The summed E-state index contributed by atoms with van der Waals surface area (Å²) < 4.78 is 10.5. The first-order valence-corrected chi connectivity index (χ1v) is 11.2. The Kier molecular flexibility index (Phi) is 12.1. The standard InChI is InChI=1S/C24H34N2O6/c27-13-15-31-14-12-25-22(28)17-20-10-6-1-2-7-11-23(29)32-18-21(26-24(20)30)16-19-8-4-3-5-9-19/h1,3-6,8-9,20-21,27H,2,7,10-18H2,(H,25,28)(H,26,30). The lowest BCUT2D eigenvalue weighted by atomic mass is 9.97. The lowest BCUT2D eigenvalue weighted by Gasteiger charge is -2.22. The molecule has 0 saturated carbocycles. The summed E-state index contributed by atoms with van der Waals surface area (Å²) in [5.41, 5.74) is 1.02. The topological polar surface area (TPSA) is 114 Å². The zero-order chi connectivity index (χ0) is 23.0. The number of hydrogen-bond acceptors (Lipinski definition) is 6. The average molecular weight is 447 g/mol. The first-order chi connectivity index (χ1) is 15.6. The van der Waals surface area contributed by atoms with Gasteiger partial charge in [0.05, 0.1) is 31.8 Å². The highest BCUT2D eigenvalue weighted by molar-refractivity contribution is 5.86. The molecule has 1 heterocycles. The second-order valence-electron chi connectivity index (χ2n) is 7.76. The quantitative estimate of drug-likeness (QED) is 0.301. The third kappa shape index (κ3) is 10.5. The van der Waals surface area contributed by atoms with E-state index in [0.717, 1.165) is 5.56 Å². The number of esters is 1. The van der Waals surface area contributed by atoms with Crippen molar-refractivity contribution in [1.82, 2.24) is 10.6 Å². The molecule has 0 bridgehead atoms. The fraction of sp³-hybridized carbons (Fsp3) is 0.542. The summed E-state index contributed by atoms with van der Waals surface area (Å²) >= 11 is 0. The van der Waals surface area contributed by atoms with Crippen LogP contribution in [0.3, 0.4) is 0 Å². The van der Waals surface area contributed by atoms with E-state index < -0.39 is 5.92 Å². The van der Waals surface area contributed by atoms with E-state index in [1.807, 2.05) is 42.5 Å². The van der Waals surface area contributed by atoms with Crippen molar-refractivity contribution in [1.29, 1.82) is 0 Å². The Hall–Kier alpha value is -2.71. The van der Waals surface area contributed by atoms with Gasteiger partial charge in [0, 0.05) is 19.4 Å². The number of allylic oxidation sites excluding steroid dienone is 2. The minimum Gasteiger partial charge on any atom is -0.463 e. The van der Waals surface area contributed by atoms with Crippen molar-refractivity contribution in [2.45, 2.75) is 44.6 Å². The number of benzene rings is 1. The zero-order valence-corrected chi connectivity index (χ0v) is 18.5. The van der Waals surface area contributed by atoms with Gasteiger partial charge in [-0.25, -0.2) is 0 Å². The van der Waals surface area contributed by atoms with Crippen LogP contribution >= 0.6 is 0 Å². The highest BCUT2D eigenvalue weighted by Gasteiger charge is 2.24. The van der Waals surface area contributed by atoms with E-state index in [-0.39, 0.29) is 50.1 Å². The van der Waals surface area contributed by atoms with Gasteiger partial charge in [0.1, 0.15) is 6.61 Å². The van der Waals surface area contributed by atoms with Crippen molar-refractivity contribution < 1.29 is 29.0 Å². The van der Waals surface area contributed by atoms with Gasteiger partial charge in [-0.3, -0.25) is 14.4 Å². The summed E-state index contributed by atoms with van der Waals surface area (Å²) in [7, 11) is 0. The number of aliphatic hydroxyl groups excluding tert-OH is 1. The molecule has 1 aromatic carbocycles. The van der Waals surface area contributed by atoms with Crippen LogP contribution < -0.4 is 10.6 Å². The van der Waals surface area contributed by atoms with Crippen LogP contribution in [0.1, 0.15) is 37.7 Å². The van der Waals surface area contributed by atoms with E-state index in [9.17, 15) is 14.4 Å². The van der Waals surface area contributed by atoms with Gasteiger partial charge in [0.2, 0.25) is 11.8 Å². The lowest BCUT2D eigenvalue weighted by molar-refractivity contribution is -0.145. The van der Waals surface area contributed by atoms with Crippen LogP contribution in [0.25, 0.3) is 0 Å². The van der Waals surface area contributed by atoms with Gasteiger partial charge in [-0.05, 0) is 31.2 Å². The Morgan fingerprint density at radius 1 is 1.19 bits per heavy atom. The maximum absolute atomic E-state index is 13.0. The normalized spacial score (nSPS) is 20.3. The van der Waals surface area contributed by atoms with Crippen LogP contribution in [0.5, 0.6) is 0 Å². The van der Waals surface area contributed by atoms with Crippen LogP contribution in [0, 0.1) is 5.92 Å². The molecule has 0 aromatic heterocycles. The Bertz CT molecular complexity index is 737. The number of cyclic esters (lactones) is 1. The molecule has 8 nitrogen and oxygen atoms in total. The van der Waals surface area contributed by atoms with Crippen LogP contribution in [-0.2, 0) is 30.3 Å². The Labute approximate surface area is 189 Å². The predicted molar refractivity (Wildman–Crippen MR) is 120 cm³/mol. The molecule has 3 N–H and O–H groups in total. The average Bonchev–Trinajstić information content (AvgIpc) is 2.80. The monoisotopic (exact) mass is 446 g/mol. The van der Waals surface area contributed by atoms with E-state index in [4.69, 9.17) is 14.6 Å². The summed E-state index contributed by atoms with van der Waals surface area (Å²) in [5.74, 6) is -1.28. The number of carbonyl (C=O) groups excluding carboxylic acids is 3. The smallest absolute Gasteiger partial charge is 0.305 e. The fourth-order valence-corrected chi connectivity index (χ4v) is 3.39. The van der Waals surface area contributed by atoms with Crippen molar-refractivity contribution in [3.8, 4) is 0 Å². The molecular weight excluding hydrogens is 412 g/mol. The molecule has 2 unspecified atom stereocenters. The van der Waals surface area contributed by atoms with E-state index >= 15 is 0 Å². The number of hydrogen-bond donors (Lipinski definition) is 3. The first-order valence-electron chi connectivity index (χ1n) is 11.2. The summed E-state index contributed by atoms with van der Waals surface area (Å²) in [6, 6.07) is 9.30. The largest absolute Gasteiger partial charge is 0.463 e. The van der Waals surface area contributed by atoms with Crippen LogP contribution in [0.2, 0.25) is 0 Å². The molecule has 0 fully saturated rings. The predicted octanol–water partition coefficient (Wildman–Crippen LogP) is 1.52. The zero-order valence-electron chi connectivity index (χ0n) is 18.5. The molecule has 0 saturated heterocycles. The molecule has 0 spiro atoms. The van der Waals surface area contributed by atoms with Crippen molar-refractivity contribution in [2.75, 3.05) is 33.0 Å². The van der Waals surface area contributed by atoms with E-state index in [1.54, 1.807) is 0 Å². The van der Waals surface area contributed by atoms with Crippen LogP contribution in [0.4, 0.5) is 0 Å². The molecule has 0 radical (unpaired) electrons. The molecular formula is C24H34N2O6. The van der Waals surface area contributed by atoms with Gasteiger partial charge in [-0.1, -0.05) is 42.5 Å². The third-order valence-electron chi connectivity index (χ3n) is 5.06. The molecule has 2 rings (SSSR count). The molecule has 1 aromatic rings. The Balaban J connectivity index is 2.01. The second-order valence-corrected chi connectivity index (χ2v) is 7.76. The lowest BCUT2D eigenvalue weighted by Crippen LogP contribution is -2.44. The molecule has 176 valence electrons. The highest BCUT2D eigenvalue weighted by Crippen LogP contribution is 2.14. The number of ether oxygens (including phenoxy) is 2. The van der Waals surface area contributed by atoms with Gasteiger partial charge < -0.3 is 25.2 Å². The maximum atomic E-state index is 13.0. The molecule has 2 atom stereocenters. The van der Waals surface area contributed by atoms with Crippen LogP contribution in [0.15, 0.2) is 42.5 Å². The minimum absolute atomic E-state index is 0.0496. The van der Waals surface area contributed by atoms with E-state index in [1.165, 1.54) is 0 Å². The molecule has 2 amide bonds. The van der Waals surface area contributed by atoms with Gasteiger partial charge in [0.15, 0.2) is 0 Å². The molecule has 1 aliphatic heterocycles. The molecule has 0 aliphatic carbocycles. The van der Waals surface area contributed by atoms with Crippen LogP contribution in [-0.4, -0.2) is 61.9 Å². The second kappa shape index (κ2) is 15.2. The summed E-state index contributed by atoms with van der Waals surface area (Å²) in [6.07, 6.45) is 6.58.